The van der Waals surface area contributed by atoms with Crippen LogP contribution in [0.25, 0.3) is 22.4 Å². The maximum atomic E-state index is 13.5. The van der Waals surface area contributed by atoms with Crippen LogP contribution in [-0.2, 0) is 16.1 Å². The number of nitrogens with zero attached hydrogens (tertiary/aromatic N) is 5. The van der Waals surface area contributed by atoms with Gasteiger partial charge in [0.1, 0.15) is 11.5 Å². The van der Waals surface area contributed by atoms with E-state index < -0.39 is 0 Å². The van der Waals surface area contributed by atoms with Crippen molar-refractivity contribution >= 4 is 11.7 Å². The van der Waals surface area contributed by atoms with Crippen LogP contribution in [0, 0.1) is 5.82 Å². The molecule has 0 bridgehead atoms. The number of hydrogen-bond acceptors (Lipinski definition) is 6. The molecule has 4 heterocycles. The molecule has 0 saturated carbocycles. The van der Waals surface area contributed by atoms with Gasteiger partial charge in [0.15, 0.2) is 5.82 Å². The normalized spacial score (nSPS) is 16.6. The number of carbonyl (C=O) groups excluding carboxylic acids is 1. The van der Waals surface area contributed by atoms with Crippen LogP contribution < -0.4 is 5.43 Å². The Kier molecular flexibility index (Phi) is 5.35. The lowest BCUT2D eigenvalue weighted by molar-refractivity contribution is -0.132. The van der Waals surface area contributed by atoms with Gasteiger partial charge in [0.05, 0.1) is 38.4 Å². The van der Waals surface area contributed by atoms with Gasteiger partial charge in [0.2, 0.25) is 0 Å². The van der Waals surface area contributed by atoms with Crippen LogP contribution in [0.5, 0.6) is 0 Å². The summed E-state index contributed by atoms with van der Waals surface area (Å²) in [4.78, 5) is 19.2. The van der Waals surface area contributed by atoms with Crippen LogP contribution in [0.4, 0.5) is 10.2 Å². The number of hydrogen-bond donors (Lipinski definition) is 1. The number of halogens is 1. The summed E-state index contributed by atoms with van der Waals surface area (Å²) < 4.78 is 20.7. The molecule has 31 heavy (non-hydrogen) atoms. The predicted octanol–water partition coefficient (Wildman–Crippen LogP) is 2.25. The molecule has 8 nitrogen and oxygen atoms in total. The number of morpholine rings is 1. The Balaban J connectivity index is 1.48. The Labute approximate surface area is 179 Å². The quantitative estimate of drug-likeness (QED) is 0.695. The lowest BCUT2D eigenvalue weighted by atomic mass is 10.0. The summed E-state index contributed by atoms with van der Waals surface area (Å²) in [7, 11) is 0. The molecule has 1 fully saturated rings. The van der Waals surface area contributed by atoms with Crippen molar-refractivity contribution in [1.29, 1.82) is 0 Å². The smallest absolute Gasteiger partial charge is 0.255 e. The molecule has 3 aromatic rings. The maximum Gasteiger partial charge on any atom is 0.255 e. The molecule has 160 valence electrons. The average Bonchev–Trinajstić information content (AvgIpc) is 3.19. The SMILES string of the molecule is O=C(CN1CCOCC1)N1CCn2nc(-c3ccc(F)cc3)c(-c3ccncc3)c2N1. The van der Waals surface area contributed by atoms with E-state index in [9.17, 15) is 9.18 Å². The highest BCUT2D eigenvalue weighted by Gasteiger charge is 2.28. The van der Waals surface area contributed by atoms with Gasteiger partial charge in [-0.05, 0) is 42.0 Å². The fourth-order valence-corrected chi connectivity index (χ4v) is 3.94. The van der Waals surface area contributed by atoms with E-state index in [-0.39, 0.29) is 11.7 Å². The van der Waals surface area contributed by atoms with Gasteiger partial charge in [-0.15, -0.1) is 0 Å². The number of rotatable bonds is 4. The number of pyridine rings is 1. The summed E-state index contributed by atoms with van der Waals surface area (Å²) in [6, 6.07) is 10.1. The van der Waals surface area contributed by atoms with Gasteiger partial charge in [-0.1, -0.05) is 0 Å². The van der Waals surface area contributed by atoms with Gasteiger partial charge >= 0.3 is 0 Å². The Morgan fingerprint density at radius 2 is 1.74 bits per heavy atom. The highest BCUT2D eigenvalue weighted by molar-refractivity contribution is 5.90. The second-order valence-corrected chi connectivity index (χ2v) is 7.58. The predicted molar refractivity (Wildman–Crippen MR) is 113 cm³/mol. The molecular formula is C22H23FN6O2. The maximum absolute atomic E-state index is 13.5. The van der Waals surface area contributed by atoms with Crippen molar-refractivity contribution in [3.05, 3.63) is 54.6 Å². The summed E-state index contributed by atoms with van der Waals surface area (Å²) in [6.07, 6.45) is 3.44. The first-order valence-corrected chi connectivity index (χ1v) is 10.3. The fraction of sp³-hybridized carbons (Fsp3) is 0.318. The van der Waals surface area contributed by atoms with E-state index in [1.807, 2.05) is 16.8 Å². The minimum absolute atomic E-state index is 0.0124. The van der Waals surface area contributed by atoms with Crippen LogP contribution in [0.15, 0.2) is 48.8 Å². The van der Waals surface area contributed by atoms with Crippen LogP contribution in [0.1, 0.15) is 0 Å². The number of nitrogens with one attached hydrogen (secondary N) is 1. The van der Waals surface area contributed by atoms with E-state index in [1.54, 1.807) is 29.5 Å². The number of fused-ring (bicyclic) bond motifs is 1. The lowest BCUT2D eigenvalue weighted by Gasteiger charge is -2.33. The molecule has 2 aliphatic heterocycles. The summed E-state index contributed by atoms with van der Waals surface area (Å²) in [6.45, 7) is 4.25. The minimum atomic E-state index is -0.295. The van der Waals surface area contributed by atoms with Crippen molar-refractivity contribution in [3.8, 4) is 22.4 Å². The molecule has 0 atom stereocenters. The van der Waals surface area contributed by atoms with E-state index in [2.05, 4.69) is 15.3 Å². The highest BCUT2D eigenvalue weighted by Crippen LogP contribution is 2.38. The molecule has 2 aliphatic rings. The van der Waals surface area contributed by atoms with Crippen molar-refractivity contribution in [2.45, 2.75) is 6.54 Å². The molecule has 9 heteroatoms. The van der Waals surface area contributed by atoms with E-state index in [0.29, 0.717) is 32.8 Å². The van der Waals surface area contributed by atoms with Gasteiger partial charge < -0.3 is 4.74 Å². The lowest BCUT2D eigenvalue weighted by Crippen LogP contribution is -2.49. The molecule has 0 spiro atoms. The van der Waals surface area contributed by atoms with Crippen molar-refractivity contribution in [2.24, 2.45) is 0 Å². The Morgan fingerprint density at radius 3 is 2.48 bits per heavy atom. The zero-order valence-electron chi connectivity index (χ0n) is 17.0. The van der Waals surface area contributed by atoms with Crippen molar-refractivity contribution in [3.63, 3.8) is 0 Å². The van der Waals surface area contributed by atoms with Gasteiger partial charge in [-0.3, -0.25) is 25.1 Å². The number of ether oxygens (including phenoxy) is 1. The topological polar surface area (TPSA) is 75.5 Å². The molecule has 1 saturated heterocycles. The summed E-state index contributed by atoms with van der Waals surface area (Å²) in [5.74, 6) is 0.460. The highest BCUT2D eigenvalue weighted by atomic mass is 19.1. The average molecular weight is 422 g/mol. The third-order valence-electron chi connectivity index (χ3n) is 5.58. The Morgan fingerprint density at radius 1 is 1.00 bits per heavy atom. The van der Waals surface area contributed by atoms with Gasteiger partial charge in [0.25, 0.3) is 5.91 Å². The minimum Gasteiger partial charge on any atom is -0.379 e. The molecule has 0 unspecified atom stereocenters. The van der Waals surface area contributed by atoms with Crippen molar-refractivity contribution < 1.29 is 13.9 Å². The summed E-state index contributed by atoms with van der Waals surface area (Å²) in [5.41, 5.74) is 6.61. The molecule has 1 amide bonds. The van der Waals surface area contributed by atoms with Crippen molar-refractivity contribution in [1.82, 2.24) is 24.7 Å². The van der Waals surface area contributed by atoms with E-state index in [0.717, 1.165) is 41.3 Å². The largest absolute Gasteiger partial charge is 0.379 e. The second kappa shape index (κ2) is 8.44. The first kappa shape index (κ1) is 19.7. The summed E-state index contributed by atoms with van der Waals surface area (Å²) in [5, 5.41) is 6.44. The number of anilines is 1. The second-order valence-electron chi connectivity index (χ2n) is 7.58. The van der Waals surface area contributed by atoms with Crippen LogP contribution in [-0.4, -0.2) is 70.0 Å². The monoisotopic (exact) mass is 422 g/mol. The zero-order valence-corrected chi connectivity index (χ0v) is 17.0. The number of aromatic nitrogens is 3. The summed E-state index contributed by atoms with van der Waals surface area (Å²) >= 11 is 0. The molecular weight excluding hydrogens is 399 g/mol. The fourth-order valence-electron chi connectivity index (χ4n) is 3.94. The standard InChI is InChI=1S/C22H23FN6O2/c23-18-3-1-17(2-4-18)21-20(16-5-7-24-8-6-16)22-26-28(9-10-29(22)25-21)19(30)15-27-11-13-31-14-12-27/h1-8,26H,9-15H2. The first-order chi connectivity index (χ1) is 15.2. The number of benzene rings is 1. The Hall–Kier alpha value is -3.30. The van der Waals surface area contributed by atoms with Crippen LogP contribution in [0.3, 0.4) is 0 Å². The molecule has 1 N–H and O–H groups in total. The third-order valence-corrected chi connectivity index (χ3v) is 5.58. The van der Waals surface area contributed by atoms with Crippen LogP contribution >= 0.6 is 0 Å². The zero-order chi connectivity index (χ0) is 21.2. The molecule has 0 aliphatic carbocycles. The number of amides is 1. The molecule has 1 aromatic carbocycles. The van der Waals surface area contributed by atoms with Gasteiger partial charge in [0, 0.05) is 31.0 Å². The first-order valence-electron chi connectivity index (χ1n) is 10.3. The molecule has 5 rings (SSSR count). The van der Waals surface area contributed by atoms with Gasteiger partial charge in [-0.2, -0.15) is 5.10 Å². The molecule has 0 radical (unpaired) electrons. The third kappa shape index (κ3) is 4.01. The van der Waals surface area contributed by atoms with E-state index in [4.69, 9.17) is 9.84 Å². The van der Waals surface area contributed by atoms with Crippen LogP contribution in [0.2, 0.25) is 0 Å². The Bertz CT molecular complexity index is 1060. The van der Waals surface area contributed by atoms with E-state index >= 15 is 0 Å². The number of hydrazine groups is 1. The molecule has 2 aromatic heterocycles. The van der Waals surface area contributed by atoms with Gasteiger partial charge in [-0.25, -0.2) is 9.07 Å². The van der Waals surface area contributed by atoms with Crippen molar-refractivity contribution in [2.75, 3.05) is 44.8 Å². The van der Waals surface area contributed by atoms with E-state index in [1.165, 1.54) is 12.1 Å². The number of carbonyl (C=O) groups is 1.